The molecule has 6 nitrogen and oxygen atoms in total. The van der Waals surface area contributed by atoms with E-state index in [-0.39, 0.29) is 11.4 Å². The lowest BCUT2D eigenvalue weighted by molar-refractivity contribution is -0.137. The van der Waals surface area contributed by atoms with Gasteiger partial charge in [-0.1, -0.05) is 13.0 Å². The van der Waals surface area contributed by atoms with E-state index in [1.165, 1.54) is 26.2 Å². The molecule has 0 spiro atoms. The number of alkyl halides is 3. The molecule has 0 aliphatic rings. The average Bonchev–Trinajstić information content (AvgIpc) is 2.71. The number of ether oxygens (including phenoxy) is 2. The first kappa shape index (κ1) is 23.8. The van der Waals surface area contributed by atoms with E-state index in [1.807, 2.05) is 6.92 Å². The number of hydrogen-bond donors (Lipinski definition) is 2. The predicted octanol–water partition coefficient (Wildman–Crippen LogP) is 5.11. The summed E-state index contributed by atoms with van der Waals surface area (Å²) in [5.74, 6) is -0.101. The lowest BCUT2D eigenvalue weighted by Crippen LogP contribution is -2.15. The molecule has 2 aromatic rings. The fraction of sp³-hybridized carbons (Fsp3) is 0.273. The number of hydrogen-bond acceptors (Lipinski definition) is 4. The van der Waals surface area contributed by atoms with Crippen molar-refractivity contribution >= 4 is 29.3 Å². The van der Waals surface area contributed by atoms with Crippen LogP contribution < -0.4 is 20.1 Å². The summed E-state index contributed by atoms with van der Waals surface area (Å²) in [6.07, 6.45) is -1.12. The van der Waals surface area contributed by atoms with Gasteiger partial charge in [0.15, 0.2) is 11.5 Å². The van der Waals surface area contributed by atoms with Gasteiger partial charge >= 0.3 is 6.18 Å². The van der Waals surface area contributed by atoms with E-state index in [2.05, 4.69) is 10.6 Å². The summed E-state index contributed by atoms with van der Waals surface area (Å²) in [5, 5.41) is 4.76. The summed E-state index contributed by atoms with van der Waals surface area (Å²) in [6, 6.07) is 7.76. The molecule has 0 bridgehead atoms. The topological polar surface area (TPSA) is 76.7 Å². The second-order valence-corrected chi connectivity index (χ2v) is 6.52. The largest absolute Gasteiger partial charge is 0.493 e. The molecule has 0 aliphatic carbocycles. The molecular weight excluding hydrogens is 413 g/mol. The minimum absolute atomic E-state index is 0.0568. The summed E-state index contributed by atoms with van der Waals surface area (Å²) < 4.78 is 49.9. The number of amides is 2. The van der Waals surface area contributed by atoms with E-state index in [0.717, 1.165) is 24.6 Å². The Balaban J connectivity index is 2.21. The lowest BCUT2D eigenvalue weighted by Gasteiger charge is -2.14. The summed E-state index contributed by atoms with van der Waals surface area (Å²) in [5.41, 5.74) is -0.433. The van der Waals surface area contributed by atoms with Gasteiger partial charge in [-0.25, -0.2) is 0 Å². The molecule has 2 aromatic carbocycles. The fourth-order valence-corrected chi connectivity index (χ4v) is 2.59. The minimum Gasteiger partial charge on any atom is -0.493 e. The Hall–Kier alpha value is -3.49. The van der Waals surface area contributed by atoms with Gasteiger partial charge in [0.2, 0.25) is 11.8 Å². The molecule has 0 saturated carbocycles. The van der Waals surface area contributed by atoms with Crippen LogP contribution >= 0.6 is 0 Å². The maximum Gasteiger partial charge on any atom is 0.416 e. The van der Waals surface area contributed by atoms with Crippen molar-refractivity contribution in [2.45, 2.75) is 26.4 Å². The second-order valence-electron chi connectivity index (χ2n) is 6.52. The lowest BCUT2D eigenvalue weighted by atomic mass is 10.1. The van der Waals surface area contributed by atoms with E-state index in [1.54, 1.807) is 18.2 Å². The van der Waals surface area contributed by atoms with Crippen LogP contribution in [0.15, 0.2) is 42.5 Å². The molecule has 0 fully saturated rings. The maximum atomic E-state index is 13.0. The third-order valence-electron chi connectivity index (χ3n) is 3.99. The monoisotopic (exact) mass is 436 g/mol. The molecule has 0 radical (unpaired) electrons. The molecular formula is C22H23F3N2O4. The first-order valence-electron chi connectivity index (χ1n) is 9.42. The Labute approximate surface area is 178 Å². The Morgan fingerprint density at radius 1 is 1.03 bits per heavy atom. The first-order chi connectivity index (χ1) is 14.6. The second kappa shape index (κ2) is 10.5. The Bertz CT molecular complexity index is 972. The maximum absolute atomic E-state index is 13.0. The standard InChI is InChI=1S/C22H23F3N2O4/c1-4-11-31-19-9-5-15(12-20(19)30-3)6-10-21(29)27-18-13-16(22(23,24)25)7-8-17(18)26-14(2)28/h5-10,12-13H,4,11H2,1-3H3,(H,26,28)(H,27,29)/b10-6+. The molecule has 0 unspecified atom stereocenters. The highest BCUT2D eigenvalue weighted by Crippen LogP contribution is 2.34. The molecule has 166 valence electrons. The summed E-state index contributed by atoms with van der Waals surface area (Å²) in [7, 11) is 1.49. The van der Waals surface area contributed by atoms with Gasteiger partial charge in [0.1, 0.15) is 0 Å². The number of rotatable bonds is 8. The minimum atomic E-state index is -4.60. The molecule has 0 aliphatic heterocycles. The molecule has 2 rings (SSSR count). The van der Waals surface area contributed by atoms with Crippen molar-refractivity contribution in [3.05, 3.63) is 53.6 Å². The van der Waals surface area contributed by atoms with Crippen molar-refractivity contribution < 1.29 is 32.2 Å². The zero-order chi connectivity index (χ0) is 23.0. The van der Waals surface area contributed by atoms with Crippen LogP contribution in [0.3, 0.4) is 0 Å². The van der Waals surface area contributed by atoms with Gasteiger partial charge in [0.05, 0.1) is 30.7 Å². The zero-order valence-corrected chi connectivity index (χ0v) is 17.3. The van der Waals surface area contributed by atoms with Crippen LogP contribution in [0.5, 0.6) is 11.5 Å². The fourth-order valence-electron chi connectivity index (χ4n) is 2.59. The zero-order valence-electron chi connectivity index (χ0n) is 17.3. The Kier molecular flexibility index (Phi) is 8.07. The number of benzene rings is 2. The van der Waals surface area contributed by atoms with Crippen molar-refractivity contribution in [3.63, 3.8) is 0 Å². The number of carbonyl (C=O) groups is 2. The van der Waals surface area contributed by atoms with Gasteiger partial charge in [0, 0.05) is 13.0 Å². The van der Waals surface area contributed by atoms with Crippen LogP contribution in [0.1, 0.15) is 31.4 Å². The highest BCUT2D eigenvalue weighted by molar-refractivity contribution is 6.05. The first-order valence-corrected chi connectivity index (χ1v) is 9.42. The highest BCUT2D eigenvalue weighted by Gasteiger charge is 2.31. The van der Waals surface area contributed by atoms with Gasteiger partial charge in [-0.05, 0) is 48.4 Å². The average molecular weight is 436 g/mol. The molecule has 2 amide bonds. The molecule has 9 heteroatoms. The van der Waals surface area contributed by atoms with E-state index >= 15 is 0 Å². The number of methoxy groups -OCH3 is 1. The van der Waals surface area contributed by atoms with E-state index in [4.69, 9.17) is 9.47 Å². The van der Waals surface area contributed by atoms with E-state index < -0.39 is 23.6 Å². The molecule has 0 heterocycles. The van der Waals surface area contributed by atoms with Gasteiger partial charge in [0.25, 0.3) is 0 Å². The Morgan fingerprint density at radius 3 is 2.39 bits per heavy atom. The van der Waals surface area contributed by atoms with Gasteiger partial charge in [-0.15, -0.1) is 0 Å². The van der Waals surface area contributed by atoms with Crippen LogP contribution in [-0.2, 0) is 15.8 Å². The van der Waals surface area contributed by atoms with E-state index in [9.17, 15) is 22.8 Å². The van der Waals surface area contributed by atoms with Crippen molar-refractivity contribution in [1.82, 2.24) is 0 Å². The van der Waals surface area contributed by atoms with Crippen molar-refractivity contribution in [2.75, 3.05) is 24.4 Å². The van der Waals surface area contributed by atoms with Crippen LogP contribution in [0.4, 0.5) is 24.5 Å². The van der Waals surface area contributed by atoms with Crippen LogP contribution in [0, 0.1) is 0 Å². The molecule has 31 heavy (non-hydrogen) atoms. The Morgan fingerprint density at radius 2 is 1.77 bits per heavy atom. The summed E-state index contributed by atoms with van der Waals surface area (Å²) in [4.78, 5) is 23.6. The molecule has 2 N–H and O–H groups in total. The van der Waals surface area contributed by atoms with Crippen LogP contribution in [-0.4, -0.2) is 25.5 Å². The number of anilines is 2. The van der Waals surface area contributed by atoms with Crippen molar-refractivity contribution in [1.29, 1.82) is 0 Å². The number of halogens is 3. The predicted molar refractivity (Wildman–Crippen MR) is 112 cm³/mol. The number of carbonyl (C=O) groups excluding carboxylic acids is 2. The SMILES string of the molecule is CCCOc1ccc(/C=C/C(=O)Nc2cc(C(F)(F)F)ccc2NC(C)=O)cc1OC. The normalized spacial score (nSPS) is 11.3. The van der Waals surface area contributed by atoms with Gasteiger partial charge in [-0.3, -0.25) is 9.59 Å². The van der Waals surface area contributed by atoms with Gasteiger partial charge in [-0.2, -0.15) is 13.2 Å². The van der Waals surface area contributed by atoms with Crippen LogP contribution in [0.25, 0.3) is 6.08 Å². The summed E-state index contributed by atoms with van der Waals surface area (Å²) in [6.45, 7) is 3.72. The van der Waals surface area contributed by atoms with Gasteiger partial charge < -0.3 is 20.1 Å². The third kappa shape index (κ3) is 7.06. The third-order valence-corrected chi connectivity index (χ3v) is 3.99. The quantitative estimate of drug-likeness (QED) is 0.564. The molecule has 0 atom stereocenters. The highest BCUT2D eigenvalue weighted by atomic mass is 19.4. The van der Waals surface area contributed by atoms with Crippen molar-refractivity contribution in [3.8, 4) is 11.5 Å². The molecule has 0 saturated heterocycles. The molecule has 0 aromatic heterocycles. The smallest absolute Gasteiger partial charge is 0.416 e. The summed E-state index contributed by atoms with van der Waals surface area (Å²) >= 11 is 0. The van der Waals surface area contributed by atoms with Crippen molar-refractivity contribution in [2.24, 2.45) is 0 Å². The van der Waals surface area contributed by atoms with Crippen LogP contribution in [0.2, 0.25) is 0 Å². The number of nitrogens with one attached hydrogen (secondary N) is 2. The van der Waals surface area contributed by atoms with E-state index in [0.29, 0.717) is 23.7 Å².